The Bertz CT molecular complexity index is 682. The fraction of sp³-hybridized carbons (Fsp3) is 0.400. The third-order valence-electron chi connectivity index (χ3n) is 3.93. The van der Waals surface area contributed by atoms with Crippen molar-refractivity contribution in [3.05, 3.63) is 40.8 Å². The van der Waals surface area contributed by atoms with Gasteiger partial charge in [0, 0.05) is 29.6 Å². The SMILES string of the molecule is N#Cc1cc(Br)cnc1N[C@@H]1CC(Cn2cccn2)C[C@H]1O. The Labute approximate surface area is 136 Å². The van der Waals surface area contributed by atoms with Gasteiger partial charge in [0.25, 0.3) is 0 Å². The minimum Gasteiger partial charge on any atom is -0.391 e. The van der Waals surface area contributed by atoms with Crippen LogP contribution in [-0.2, 0) is 6.54 Å². The van der Waals surface area contributed by atoms with Gasteiger partial charge in [0.05, 0.1) is 17.7 Å². The lowest BCUT2D eigenvalue weighted by molar-refractivity contribution is 0.166. The molecule has 0 saturated heterocycles. The van der Waals surface area contributed by atoms with Crippen LogP contribution < -0.4 is 5.32 Å². The standard InChI is InChI=1S/C15H16BrN5O/c16-12-6-11(7-17)15(18-8-12)20-13-4-10(5-14(13)22)9-21-3-1-2-19-21/h1-3,6,8,10,13-14,22H,4-5,9H2,(H,18,20)/t10?,13-,14-/m1/s1. The quantitative estimate of drug-likeness (QED) is 0.871. The van der Waals surface area contributed by atoms with Gasteiger partial charge in [-0.05, 0) is 46.8 Å². The van der Waals surface area contributed by atoms with Gasteiger partial charge in [0.2, 0.25) is 0 Å². The minimum absolute atomic E-state index is 0.0960. The van der Waals surface area contributed by atoms with E-state index in [1.807, 2.05) is 16.9 Å². The maximum Gasteiger partial charge on any atom is 0.144 e. The molecule has 22 heavy (non-hydrogen) atoms. The Balaban J connectivity index is 1.67. The first kappa shape index (κ1) is 15.0. The molecule has 3 rings (SSSR count). The molecule has 2 aromatic rings. The van der Waals surface area contributed by atoms with Gasteiger partial charge in [-0.2, -0.15) is 10.4 Å². The lowest BCUT2D eigenvalue weighted by Gasteiger charge is -2.17. The van der Waals surface area contributed by atoms with E-state index < -0.39 is 6.10 Å². The Morgan fingerprint density at radius 2 is 2.36 bits per heavy atom. The third kappa shape index (κ3) is 3.29. The van der Waals surface area contributed by atoms with E-state index in [0.29, 0.717) is 17.3 Å². The Kier molecular flexibility index (Phi) is 4.41. The number of aliphatic hydroxyl groups is 1. The van der Waals surface area contributed by atoms with Crippen LogP contribution in [0.25, 0.3) is 0 Å². The summed E-state index contributed by atoms with van der Waals surface area (Å²) in [6.07, 6.45) is 6.42. The number of hydrogen-bond acceptors (Lipinski definition) is 5. The summed E-state index contributed by atoms with van der Waals surface area (Å²) in [5.41, 5.74) is 0.470. The molecule has 1 fully saturated rings. The van der Waals surface area contributed by atoms with Crippen LogP contribution in [0, 0.1) is 17.2 Å². The highest BCUT2D eigenvalue weighted by Gasteiger charge is 2.33. The molecular formula is C15H16BrN5O. The number of pyridine rings is 1. The fourth-order valence-corrected chi connectivity index (χ4v) is 3.24. The highest BCUT2D eigenvalue weighted by molar-refractivity contribution is 9.10. The van der Waals surface area contributed by atoms with Crippen LogP contribution in [0.1, 0.15) is 18.4 Å². The highest BCUT2D eigenvalue weighted by Crippen LogP contribution is 2.30. The van der Waals surface area contributed by atoms with Crippen molar-refractivity contribution in [1.29, 1.82) is 5.26 Å². The summed E-state index contributed by atoms with van der Waals surface area (Å²) in [5.74, 6) is 0.878. The Morgan fingerprint density at radius 1 is 1.50 bits per heavy atom. The van der Waals surface area contributed by atoms with Crippen LogP contribution in [-0.4, -0.2) is 32.0 Å². The molecule has 3 atom stereocenters. The zero-order chi connectivity index (χ0) is 15.5. The lowest BCUT2D eigenvalue weighted by atomic mass is 10.1. The predicted octanol–water partition coefficient (Wildman–Crippen LogP) is 2.16. The fourth-order valence-electron chi connectivity index (χ4n) is 2.91. The Morgan fingerprint density at radius 3 is 3.09 bits per heavy atom. The van der Waals surface area contributed by atoms with E-state index in [4.69, 9.17) is 0 Å². The number of nitriles is 1. The summed E-state index contributed by atoms with van der Waals surface area (Å²) >= 11 is 3.30. The zero-order valence-corrected chi connectivity index (χ0v) is 13.4. The van der Waals surface area contributed by atoms with Crippen LogP contribution in [0.2, 0.25) is 0 Å². The zero-order valence-electron chi connectivity index (χ0n) is 11.9. The second-order valence-corrected chi connectivity index (χ2v) is 6.46. The van der Waals surface area contributed by atoms with Crippen LogP contribution in [0.3, 0.4) is 0 Å². The van der Waals surface area contributed by atoms with Crippen molar-refractivity contribution < 1.29 is 5.11 Å². The molecule has 1 saturated carbocycles. The maximum absolute atomic E-state index is 10.3. The maximum atomic E-state index is 10.3. The smallest absolute Gasteiger partial charge is 0.144 e. The molecule has 1 aliphatic rings. The van der Waals surface area contributed by atoms with Crippen molar-refractivity contribution in [3.8, 4) is 6.07 Å². The van der Waals surface area contributed by atoms with Gasteiger partial charge in [-0.3, -0.25) is 4.68 Å². The van der Waals surface area contributed by atoms with E-state index in [9.17, 15) is 10.4 Å². The molecular weight excluding hydrogens is 346 g/mol. The molecule has 114 valence electrons. The largest absolute Gasteiger partial charge is 0.391 e. The average molecular weight is 362 g/mol. The normalized spacial score (nSPS) is 24.1. The van der Waals surface area contributed by atoms with Gasteiger partial charge in [-0.25, -0.2) is 4.98 Å². The van der Waals surface area contributed by atoms with Gasteiger partial charge in [0.15, 0.2) is 0 Å². The summed E-state index contributed by atoms with van der Waals surface area (Å²) in [4.78, 5) is 4.24. The number of rotatable bonds is 4. The monoisotopic (exact) mass is 361 g/mol. The van der Waals surface area contributed by atoms with Crippen LogP contribution in [0.4, 0.5) is 5.82 Å². The van der Waals surface area contributed by atoms with Gasteiger partial charge < -0.3 is 10.4 Å². The predicted molar refractivity (Wildman–Crippen MR) is 85.0 cm³/mol. The molecule has 0 radical (unpaired) electrons. The summed E-state index contributed by atoms with van der Waals surface area (Å²) in [6, 6.07) is 5.64. The minimum atomic E-state index is -0.447. The third-order valence-corrected chi connectivity index (χ3v) is 4.36. The lowest BCUT2D eigenvalue weighted by Crippen LogP contribution is -2.28. The van der Waals surface area contributed by atoms with E-state index >= 15 is 0 Å². The van der Waals surface area contributed by atoms with Crippen LogP contribution in [0.5, 0.6) is 0 Å². The van der Waals surface area contributed by atoms with E-state index in [-0.39, 0.29) is 6.04 Å². The average Bonchev–Trinajstić information content (AvgIpc) is 3.12. The van der Waals surface area contributed by atoms with E-state index in [0.717, 1.165) is 23.9 Å². The van der Waals surface area contributed by atoms with E-state index in [1.165, 1.54) is 0 Å². The number of aliphatic hydroxyl groups excluding tert-OH is 1. The second kappa shape index (κ2) is 6.46. The van der Waals surface area contributed by atoms with Crippen molar-refractivity contribution in [2.45, 2.75) is 31.5 Å². The van der Waals surface area contributed by atoms with Gasteiger partial charge in [0.1, 0.15) is 11.9 Å². The molecule has 0 amide bonds. The van der Waals surface area contributed by atoms with Crippen LogP contribution in [0.15, 0.2) is 35.2 Å². The molecule has 2 aromatic heterocycles. The number of aromatic nitrogens is 3. The molecule has 0 spiro atoms. The molecule has 2 heterocycles. The van der Waals surface area contributed by atoms with Crippen molar-refractivity contribution >= 4 is 21.7 Å². The van der Waals surface area contributed by atoms with E-state index in [1.54, 1.807) is 18.5 Å². The van der Waals surface area contributed by atoms with Crippen molar-refractivity contribution in [1.82, 2.24) is 14.8 Å². The topological polar surface area (TPSA) is 86.8 Å². The Hall–Kier alpha value is -1.91. The number of nitrogens with one attached hydrogen (secondary N) is 1. The van der Waals surface area contributed by atoms with Crippen LogP contribution >= 0.6 is 15.9 Å². The summed E-state index contributed by atoms with van der Waals surface area (Å²) < 4.78 is 2.65. The summed E-state index contributed by atoms with van der Waals surface area (Å²) in [7, 11) is 0. The second-order valence-electron chi connectivity index (χ2n) is 5.55. The molecule has 0 bridgehead atoms. The first-order valence-corrected chi connectivity index (χ1v) is 7.92. The number of anilines is 1. The number of nitrogens with zero attached hydrogens (tertiary/aromatic N) is 4. The number of hydrogen-bond donors (Lipinski definition) is 2. The first-order valence-electron chi connectivity index (χ1n) is 7.13. The van der Waals surface area contributed by atoms with Crippen molar-refractivity contribution in [2.24, 2.45) is 5.92 Å². The summed E-state index contributed by atoms with van der Waals surface area (Å²) in [6.45, 7) is 0.793. The molecule has 6 nitrogen and oxygen atoms in total. The van der Waals surface area contributed by atoms with Gasteiger partial charge >= 0.3 is 0 Å². The van der Waals surface area contributed by atoms with Crippen molar-refractivity contribution in [3.63, 3.8) is 0 Å². The van der Waals surface area contributed by atoms with E-state index in [2.05, 4.69) is 37.4 Å². The summed E-state index contributed by atoms with van der Waals surface area (Å²) in [5, 5.41) is 26.9. The molecule has 0 aromatic carbocycles. The molecule has 1 unspecified atom stereocenters. The molecule has 0 aliphatic heterocycles. The highest BCUT2D eigenvalue weighted by atomic mass is 79.9. The number of halogens is 1. The molecule has 2 N–H and O–H groups in total. The van der Waals surface area contributed by atoms with Gasteiger partial charge in [-0.1, -0.05) is 0 Å². The first-order chi connectivity index (χ1) is 10.7. The van der Waals surface area contributed by atoms with Gasteiger partial charge in [-0.15, -0.1) is 0 Å². The molecule has 7 heteroatoms. The van der Waals surface area contributed by atoms with Crippen molar-refractivity contribution in [2.75, 3.05) is 5.32 Å². The molecule has 1 aliphatic carbocycles.